The lowest BCUT2D eigenvalue weighted by Gasteiger charge is -2.09. The van der Waals surface area contributed by atoms with Gasteiger partial charge in [0.15, 0.2) is 5.78 Å². The van der Waals surface area contributed by atoms with Crippen molar-refractivity contribution in [3.63, 3.8) is 0 Å². The summed E-state index contributed by atoms with van der Waals surface area (Å²) in [6, 6.07) is 21.7. The van der Waals surface area contributed by atoms with Crippen LogP contribution in [0.15, 0.2) is 79.0 Å². The molecule has 0 fully saturated rings. The fourth-order valence-corrected chi connectivity index (χ4v) is 3.60. The van der Waals surface area contributed by atoms with E-state index in [-0.39, 0.29) is 18.2 Å². The maximum Gasteiger partial charge on any atom is 0.244 e. The summed E-state index contributed by atoms with van der Waals surface area (Å²) in [6.07, 6.45) is 1.72. The van der Waals surface area contributed by atoms with E-state index < -0.39 is 0 Å². The maximum absolute atomic E-state index is 13.0. The van der Waals surface area contributed by atoms with Crippen molar-refractivity contribution in [3.05, 3.63) is 100 Å². The summed E-state index contributed by atoms with van der Waals surface area (Å²) in [5.74, 6) is -0.354. The van der Waals surface area contributed by atoms with Crippen LogP contribution in [0.3, 0.4) is 0 Å². The van der Waals surface area contributed by atoms with Crippen molar-refractivity contribution < 1.29 is 9.59 Å². The summed E-state index contributed by atoms with van der Waals surface area (Å²) in [7, 11) is 0. The highest BCUT2D eigenvalue weighted by molar-refractivity contribution is 6.44. The largest absolute Gasteiger partial charge is 0.337 e. The van der Waals surface area contributed by atoms with E-state index in [4.69, 9.17) is 23.2 Å². The molecule has 3 aromatic carbocycles. The van der Waals surface area contributed by atoms with Gasteiger partial charge in [0.1, 0.15) is 6.54 Å². The van der Waals surface area contributed by atoms with Crippen LogP contribution in [0.4, 0.5) is 5.69 Å². The van der Waals surface area contributed by atoms with Crippen molar-refractivity contribution >= 4 is 51.5 Å². The Balaban J connectivity index is 1.65. The van der Waals surface area contributed by atoms with Gasteiger partial charge in [-0.25, -0.2) is 0 Å². The first-order valence-corrected chi connectivity index (χ1v) is 9.71. The fraction of sp³-hybridized carbons (Fsp3) is 0.0435. The van der Waals surface area contributed by atoms with Gasteiger partial charge in [-0.3, -0.25) is 9.59 Å². The third-order valence-electron chi connectivity index (χ3n) is 4.61. The molecule has 0 bridgehead atoms. The van der Waals surface area contributed by atoms with Gasteiger partial charge in [0.2, 0.25) is 5.91 Å². The lowest BCUT2D eigenvalue weighted by Crippen LogP contribution is -2.18. The molecule has 29 heavy (non-hydrogen) atoms. The molecule has 0 aliphatic heterocycles. The van der Waals surface area contributed by atoms with Gasteiger partial charge < -0.3 is 9.88 Å². The molecule has 0 radical (unpaired) electrons. The van der Waals surface area contributed by atoms with Crippen LogP contribution in [0.25, 0.3) is 10.9 Å². The number of para-hydroxylation sites is 1. The van der Waals surface area contributed by atoms with Crippen LogP contribution in [0.5, 0.6) is 0 Å². The third-order valence-corrected chi connectivity index (χ3v) is 5.43. The number of nitrogens with zero attached hydrogens (tertiary/aromatic N) is 1. The van der Waals surface area contributed by atoms with E-state index >= 15 is 0 Å². The molecule has 1 aromatic heterocycles. The number of halogens is 2. The van der Waals surface area contributed by atoms with E-state index in [0.29, 0.717) is 26.9 Å². The van der Waals surface area contributed by atoms with Crippen molar-refractivity contribution in [1.82, 2.24) is 4.57 Å². The summed E-state index contributed by atoms with van der Waals surface area (Å²) in [5, 5.41) is 4.23. The number of hydrogen-bond acceptors (Lipinski definition) is 2. The first-order chi connectivity index (χ1) is 14.0. The molecule has 0 saturated heterocycles. The number of ketones is 1. The summed E-state index contributed by atoms with van der Waals surface area (Å²) in [4.78, 5) is 25.6. The van der Waals surface area contributed by atoms with E-state index in [0.717, 1.165) is 10.9 Å². The Bertz CT molecular complexity index is 1220. The molecule has 1 heterocycles. The number of nitrogens with one attached hydrogen (secondary N) is 1. The molecule has 144 valence electrons. The SMILES string of the molecule is O=C(Cn1cc(C(=O)c2ccccc2)c2ccccc21)Nc1cccc(Cl)c1Cl. The van der Waals surface area contributed by atoms with Gasteiger partial charge in [-0.05, 0) is 18.2 Å². The lowest BCUT2D eigenvalue weighted by molar-refractivity contribution is -0.116. The molecule has 0 unspecified atom stereocenters. The van der Waals surface area contributed by atoms with Gasteiger partial charge in [-0.15, -0.1) is 0 Å². The zero-order valence-electron chi connectivity index (χ0n) is 15.2. The first kappa shape index (κ1) is 19.2. The van der Waals surface area contributed by atoms with Gasteiger partial charge in [-0.2, -0.15) is 0 Å². The summed E-state index contributed by atoms with van der Waals surface area (Å²) >= 11 is 12.2. The van der Waals surface area contributed by atoms with Gasteiger partial charge in [0, 0.05) is 28.2 Å². The maximum atomic E-state index is 13.0. The number of carbonyl (C=O) groups excluding carboxylic acids is 2. The first-order valence-electron chi connectivity index (χ1n) is 8.96. The summed E-state index contributed by atoms with van der Waals surface area (Å²) in [5.41, 5.74) is 2.41. The molecular formula is C23H16Cl2N2O2. The predicted molar refractivity (Wildman–Crippen MR) is 117 cm³/mol. The molecule has 4 nitrogen and oxygen atoms in total. The number of anilines is 1. The van der Waals surface area contributed by atoms with Crippen LogP contribution in [-0.4, -0.2) is 16.3 Å². The molecule has 4 rings (SSSR count). The molecule has 1 amide bonds. The fourth-order valence-electron chi connectivity index (χ4n) is 3.25. The number of rotatable bonds is 5. The van der Waals surface area contributed by atoms with E-state index in [9.17, 15) is 9.59 Å². The van der Waals surface area contributed by atoms with Crippen LogP contribution in [-0.2, 0) is 11.3 Å². The van der Waals surface area contributed by atoms with Crippen LogP contribution in [0, 0.1) is 0 Å². The number of amides is 1. The zero-order chi connectivity index (χ0) is 20.4. The Labute approximate surface area is 177 Å². The van der Waals surface area contributed by atoms with Crippen LogP contribution >= 0.6 is 23.2 Å². The van der Waals surface area contributed by atoms with Crippen molar-refractivity contribution in [2.24, 2.45) is 0 Å². The van der Waals surface area contributed by atoms with E-state index in [1.54, 1.807) is 41.1 Å². The second-order valence-corrected chi connectivity index (χ2v) is 7.32. The van der Waals surface area contributed by atoms with E-state index in [2.05, 4.69) is 5.32 Å². The average molecular weight is 423 g/mol. The number of fused-ring (bicyclic) bond motifs is 1. The average Bonchev–Trinajstić information content (AvgIpc) is 3.10. The minimum Gasteiger partial charge on any atom is -0.337 e. The van der Waals surface area contributed by atoms with Gasteiger partial charge in [0.25, 0.3) is 0 Å². The Morgan fingerprint density at radius 2 is 1.59 bits per heavy atom. The molecule has 6 heteroatoms. The van der Waals surface area contributed by atoms with Gasteiger partial charge >= 0.3 is 0 Å². The minimum absolute atomic E-state index is 0.0332. The van der Waals surface area contributed by atoms with Crippen molar-refractivity contribution in [1.29, 1.82) is 0 Å². The Kier molecular flexibility index (Phi) is 5.38. The molecular weight excluding hydrogens is 407 g/mol. The van der Waals surface area contributed by atoms with E-state index in [1.165, 1.54) is 0 Å². The number of hydrogen-bond donors (Lipinski definition) is 1. The molecule has 0 aliphatic carbocycles. The van der Waals surface area contributed by atoms with Crippen molar-refractivity contribution in [3.8, 4) is 0 Å². The number of carbonyl (C=O) groups is 2. The molecule has 1 N–H and O–H groups in total. The minimum atomic E-state index is -0.270. The van der Waals surface area contributed by atoms with Crippen LogP contribution in [0.1, 0.15) is 15.9 Å². The second kappa shape index (κ2) is 8.11. The monoisotopic (exact) mass is 422 g/mol. The molecule has 4 aromatic rings. The van der Waals surface area contributed by atoms with Crippen molar-refractivity contribution in [2.75, 3.05) is 5.32 Å². The van der Waals surface area contributed by atoms with Crippen molar-refractivity contribution in [2.45, 2.75) is 6.54 Å². The van der Waals surface area contributed by atoms with Gasteiger partial charge in [-0.1, -0.05) is 77.8 Å². The van der Waals surface area contributed by atoms with Crippen LogP contribution in [0.2, 0.25) is 10.0 Å². The lowest BCUT2D eigenvalue weighted by atomic mass is 10.0. The smallest absolute Gasteiger partial charge is 0.244 e. The normalized spacial score (nSPS) is 10.8. The Morgan fingerprint density at radius 3 is 2.38 bits per heavy atom. The highest BCUT2D eigenvalue weighted by atomic mass is 35.5. The Hall–Kier alpha value is -3.08. The standard InChI is InChI=1S/C23H16Cl2N2O2/c24-18-10-6-11-19(22(18)25)26-21(28)14-27-13-17(16-9-4-5-12-20(16)27)23(29)15-7-2-1-3-8-15/h1-13H,14H2,(H,26,28). The topological polar surface area (TPSA) is 51.1 Å². The summed E-state index contributed by atoms with van der Waals surface area (Å²) in [6.45, 7) is 0.0332. The predicted octanol–water partition coefficient (Wildman–Crippen LogP) is 5.82. The van der Waals surface area contributed by atoms with Gasteiger partial charge in [0.05, 0.1) is 15.7 Å². The zero-order valence-corrected chi connectivity index (χ0v) is 16.7. The summed E-state index contributed by atoms with van der Waals surface area (Å²) < 4.78 is 1.76. The highest BCUT2D eigenvalue weighted by Gasteiger charge is 2.18. The molecule has 0 spiro atoms. The molecule has 0 aliphatic rings. The second-order valence-electron chi connectivity index (χ2n) is 6.53. The van der Waals surface area contributed by atoms with E-state index in [1.807, 2.05) is 42.5 Å². The molecule has 0 atom stereocenters. The number of benzene rings is 3. The quantitative estimate of drug-likeness (QED) is 0.412. The third kappa shape index (κ3) is 3.90. The Morgan fingerprint density at radius 1 is 0.862 bits per heavy atom. The molecule has 0 saturated carbocycles. The number of aromatic nitrogens is 1. The highest BCUT2D eigenvalue weighted by Crippen LogP contribution is 2.30. The van der Waals surface area contributed by atoms with Crippen LogP contribution < -0.4 is 5.32 Å².